The Bertz CT molecular complexity index is 115. The van der Waals surface area contributed by atoms with Crippen LogP contribution in [-0.4, -0.2) is 26.7 Å². The van der Waals surface area contributed by atoms with Gasteiger partial charge in [-0.1, -0.05) is 11.5 Å². The third kappa shape index (κ3) is 4.81. The highest BCUT2D eigenvalue weighted by Gasteiger charge is 2.15. The lowest BCUT2D eigenvalue weighted by Gasteiger charge is -2.19. The van der Waals surface area contributed by atoms with E-state index in [4.69, 9.17) is 9.47 Å². The van der Waals surface area contributed by atoms with Crippen LogP contribution >= 0.6 is 8.46 Å². The summed E-state index contributed by atoms with van der Waals surface area (Å²) in [5.74, 6) is 0.372. The van der Waals surface area contributed by atoms with E-state index in [1.54, 1.807) is 14.2 Å². The fourth-order valence-electron chi connectivity index (χ4n) is 1.19. The van der Waals surface area contributed by atoms with Crippen LogP contribution in [-0.2, 0) is 14.0 Å². The molecule has 0 aliphatic rings. The number of ether oxygens (including phenoxy) is 2. The fourth-order valence-corrected chi connectivity index (χ4v) is 1.54. The average molecular weight is 193 g/mol. The predicted octanol–water partition coefficient (Wildman–Crippen LogP) is 2.05. The Kier molecular flexibility index (Phi) is 7.67. The van der Waals surface area contributed by atoms with E-state index < -0.39 is 0 Å². The second kappa shape index (κ2) is 7.66. The Balaban J connectivity index is 3.53. The van der Waals surface area contributed by atoms with Gasteiger partial charge in [0.2, 0.25) is 0 Å². The lowest BCUT2D eigenvalue weighted by atomic mass is 10.1. The van der Waals surface area contributed by atoms with Crippen molar-refractivity contribution in [2.75, 3.05) is 20.4 Å². The van der Waals surface area contributed by atoms with Gasteiger partial charge >= 0.3 is 8.46 Å². The van der Waals surface area contributed by atoms with Crippen molar-refractivity contribution in [1.82, 2.24) is 0 Å². The molecule has 0 aromatic heterocycles. The number of rotatable bonds is 7. The molecule has 3 nitrogen and oxygen atoms in total. The monoisotopic (exact) mass is 193 g/mol. The maximum Gasteiger partial charge on any atom is 0.324 e. The van der Waals surface area contributed by atoms with E-state index in [2.05, 4.69) is 6.92 Å². The third-order valence-electron chi connectivity index (χ3n) is 1.87. The van der Waals surface area contributed by atoms with Crippen molar-refractivity contribution in [1.29, 1.82) is 0 Å². The van der Waals surface area contributed by atoms with Crippen molar-refractivity contribution in [3.63, 3.8) is 0 Å². The summed E-state index contributed by atoms with van der Waals surface area (Å²) in [5, 5.41) is 0. The van der Waals surface area contributed by atoms with Crippen LogP contribution in [0, 0.1) is 5.92 Å². The molecule has 4 heteroatoms. The van der Waals surface area contributed by atoms with E-state index in [9.17, 15) is 4.57 Å². The topological polar surface area (TPSA) is 35.5 Å². The molecule has 0 radical (unpaired) electrons. The minimum Gasteiger partial charge on any atom is -0.356 e. The Labute approximate surface area is 75.6 Å². The largest absolute Gasteiger partial charge is 0.356 e. The van der Waals surface area contributed by atoms with Gasteiger partial charge in [-0.25, -0.2) is 0 Å². The van der Waals surface area contributed by atoms with Crippen LogP contribution in [0.15, 0.2) is 0 Å². The van der Waals surface area contributed by atoms with E-state index in [1.807, 2.05) is 0 Å². The molecule has 2 atom stereocenters. The van der Waals surface area contributed by atoms with Gasteiger partial charge < -0.3 is 9.47 Å². The predicted molar refractivity (Wildman–Crippen MR) is 50.1 cm³/mol. The van der Waals surface area contributed by atoms with E-state index in [1.165, 1.54) is 0 Å². The van der Waals surface area contributed by atoms with E-state index in [0.29, 0.717) is 5.92 Å². The van der Waals surface area contributed by atoms with Gasteiger partial charge in [-0.2, -0.15) is 0 Å². The van der Waals surface area contributed by atoms with Gasteiger partial charge in [0, 0.05) is 20.1 Å². The molecule has 0 heterocycles. The van der Waals surface area contributed by atoms with Crippen LogP contribution in [0.2, 0.25) is 0 Å². The van der Waals surface area contributed by atoms with Crippen molar-refractivity contribution in [2.24, 2.45) is 5.92 Å². The normalized spacial score (nSPS) is 14.0. The van der Waals surface area contributed by atoms with E-state index in [0.717, 1.165) is 19.0 Å². The highest BCUT2D eigenvalue weighted by molar-refractivity contribution is 7.23. The van der Waals surface area contributed by atoms with Gasteiger partial charge in [0.25, 0.3) is 0 Å². The van der Waals surface area contributed by atoms with Gasteiger partial charge in [-0.15, -0.1) is 0 Å². The lowest BCUT2D eigenvalue weighted by molar-refractivity contribution is -0.134. The smallest absolute Gasteiger partial charge is 0.324 e. The first-order chi connectivity index (χ1) is 5.76. The molecule has 0 saturated carbocycles. The number of hydrogen-bond donors (Lipinski definition) is 0. The lowest BCUT2D eigenvalue weighted by Crippen LogP contribution is -2.22. The molecule has 0 aliphatic heterocycles. The van der Waals surface area contributed by atoms with Crippen molar-refractivity contribution >= 4 is 8.46 Å². The summed E-state index contributed by atoms with van der Waals surface area (Å²) in [6.07, 6.45) is 2.64. The Morgan fingerprint density at radius 1 is 1.33 bits per heavy atom. The maximum absolute atomic E-state index is 10.2. The summed E-state index contributed by atoms with van der Waals surface area (Å²) in [7, 11) is 3.10. The van der Waals surface area contributed by atoms with Gasteiger partial charge in [-0.05, 0) is 12.8 Å². The Hall–Kier alpha value is 0.0200. The highest BCUT2D eigenvalue weighted by atomic mass is 31.1. The summed E-state index contributed by atoms with van der Waals surface area (Å²) in [6, 6.07) is 0. The zero-order chi connectivity index (χ0) is 9.40. The van der Waals surface area contributed by atoms with Crippen LogP contribution in [0.25, 0.3) is 0 Å². The van der Waals surface area contributed by atoms with Gasteiger partial charge in [0.1, 0.15) is 6.16 Å². The molecule has 0 aromatic carbocycles. The zero-order valence-electron chi connectivity index (χ0n) is 8.00. The van der Waals surface area contributed by atoms with Gasteiger partial charge in [0.05, 0.1) is 0 Å². The Morgan fingerprint density at radius 2 is 1.92 bits per heavy atom. The summed E-state index contributed by atoms with van der Waals surface area (Å²) in [4.78, 5) is 0. The standard InChI is InChI=1S/C8H17O3P/c1-7(5-4-6-12-9)8(10-2)11-3/h7-8H,4-6H2,1-3H3/p+1. The maximum atomic E-state index is 10.2. The van der Waals surface area contributed by atoms with Crippen LogP contribution in [0.5, 0.6) is 0 Å². The van der Waals surface area contributed by atoms with E-state index >= 15 is 0 Å². The molecule has 0 spiro atoms. The summed E-state index contributed by atoms with van der Waals surface area (Å²) in [6.45, 7) is 2.07. The van der Waals surface area contributed by atoms with Crippen LogP contribution in [0.3, 0.4) is 0 Å². The first-order valence-electron chi connectivity index (χ1n) is 4.16. The second-order valence-corrected chi connectivity index (χ2v) is 3.64. The van der Waals surface area contributed by atoms with Crippen LogP contribution < -0.4 is 0 Å². The quantitative estimate of drug-likeness (QED) is 0.352. The minimum atomic E-state index is -0.179. The molecule has 0 rings (SSSR count). The molecule has 12 heavy (non-hydrogen) atoms. The first-order valence-corrected chi connectivity index (χ1v) is 5.28. The molecule has 0 saturated heterocycles. The van der Waals surface area contributed by atoms with Crippen LogP contribution in [0.1, 0.15) is 19.8 Å². The fraction of sp³-hybridized carbons (Fsp3) is 1.00. The summed E-state index contributed by atoms with van der Waals surface area (Å²) in [5.41, 5.74) is 0. The van der Waals surface area contributed by atoms with Crippen molar-refractivity contribution < 1.29 is 14.0 Å². The Morgan fingerprint density at radius 3 is 2.33 bits per heavy atom. The molecular weight excluding hydrogens is 175 g/mol. The molecule has 0 bridgehead atoms. The van der Waals surface area contributed by atoms with Gasteiger partial charge in [-0.3, -0.25) is 0 Å². The number of methoxy groups -OCH3 is 2. The summed E-state index contributed by atoms with van der Waals surface area (Å²) >= 11 is 0. The first kappa shape index (κ1) is 12.0. The second-order valence-electron chi connectivity index (χ2n) is 2.85. The van der Waals surface area contributed by atoms with Crippen LogP contribution in [0.4, 0.5) is 0 Å². The molecule has 0 aliphatic carbocycles. The molecule has 0 amide bonds. The molecule has 0 aromatic rings. The average Bonchev–Trinajstić information content (AvgIpc) is 2.07. The van der Waals surface area contributed by atoms with Gasteiger partial charge in [0.15, 0.2) is 6.29 Å². The molecule has 0 N–H and O–H groups in total. The summed E-state index contributed by atoms with van der Waals surface area (Å²) < 4.78 is 20.4. The van der Waals surface area contributed by atoms with Crippen molar-refractivity contribution in [2.45, 2.75) is 26.1 Å². The molecule has 72 valence electrons. The van der Waals surface area contributed by atoms with Crippen molar-refractivity contribution in [3.8, 4) is 0 Å². The SMILES string of the molecule is COC(OC)C(C)CCC[PH+]=O. The molecule has 2 unspecified atom stereocenters. The van der Waals surface area contributed by atoms with Crippen molar-refractivity contribution in [3.05, 3.63) is 0 Å². The number of hydrogen-bond acceptors (Lipinski definition) is 3. The third-order valence-corrected chi connectivity index (χ3v) is 2.43. The van der Waals surface area contributed by atoms with E-state index in [-0.39, 0.29) is 14.8 Å². The minimum absolute atomic E-state index is 0.125. The highest BCUT2D eigenvalue weighted by Crippen LogP contribution is 2.15. The molecule has 0 fully saturated rings. The zero-order valence-corrected chi connectivity index (χ0v) is 9.00. The molecular formula is C8H18O3P+.